The van der Waals surface area contributed by atoms with Crippen LogP contribution in [0, 0.1) is 0 Å². The van der Waals surface area contributed by atoms with Crippen molar-refractivity contribution >= 4 is 55.8 Å². The molecule has 8 nitrogen and oxygen atoms in total. The molecule has 1 aliphatic heterocycles. The summed E-state index contributed by atoms with van der Waals surface area (Å²) in [6, 6.07) is 10.1. The van der Waals surface area contributed by atoms with E-state index in [2.05, 4.69) is 41.9 Å². The van der Waals surface area contributed by atoms with Crippen LogP contribution in [-0.4, -0.2) is 43.6 Å². The van der Waals surface area contributed by atoms with E-state index in [9.17, 15) is 14.4 Å². The highest BCUT2D eigenvalue weighted by Crippen LogP contribution is 2.35. The van der Waals surface area contributed by atoms with Gasteiger partial charge in [-0.15, -0.1) is 0 Å². The predicted octanol–water partition coefficient (Wildman–Crippen LogP) is 3.86. The third-order valence-electron chi connectivity index (χ3n) is 4.37. The quantitative estimate of drug-likeness (QED) is 0.318. The summed E-state index contributed by atoms with van der Waals surface area (Å²) < 4.78 is 16.8. The number of carbonyl (C=O) groups is 3. The van der Waals surface area contributed by atoms with Gasteiger partial charge in [0, 0.05) is 8.95 Å². The Morgan fingerprint density at radius 3 is 2.45 bits per heavy atom. The SMILES string of the molecule is COC(=O)COc1cc(Br)c(/C=C2/NC(=O)N(Cc3ccc(Br)cc3)C2=O)cc1OC. The molecule has 0 aliphatic carbocycles. The average molecular weight is 554 g/mol. The molecule has 0 bridgehead atoms. The maximum Gasteiger partial charge on any atom is 0.343 e. The van der Waals surface area contributed by atoms with Crippen LogP contribution in [0.5, 0.6) is 11.5 Å². The highest BCUT2D eigenvalue weighted by atomic mass is 79.9. The Kier molecular flexibility index (Phi) is 7.34. The standard InChI is InChI=1S/C21H18Br2N2O6/c1-29-17-8-13(15(23)9-18(17)31-11-19(26)30-2)7-16-20(27)25(21(28)24-16)10-12-3-5-14(22)6-4-12/h3-9H,10-11H2,1-2H3,(H,24,28)/b16-7+. The van der Waals surface area contributed by atoms with E-state index in [4.69, 9.17) is 9.47 Å². The van der Waals surface area contributed by atoms with Crippen LogP contribution >= 0.6 is 31.9 Å². The van der Waals surface area contributed by atoms with Gasteiger partial charge in [-0.05, 0) is 41.5 Å². The lowest BCUT2D eigenvalue weighted by Crippen LogP contribution is -2.30. The highest BCUT2D eigenvalue weighted by Gasteiger charge is 2.33. The van der Waals surface area contributed by atoms with Gasteiger partial charge in [0.25, 0.3) is 5.91 Å². The number of nitrogens with zero attached hydrogens (tertiary/aromatic N) is 1. The summed E-state index contributed by atoms with van der Waals surface area (Å²) in [5, 5.41) is 2.60. The third kappa shape index (κ3) is 5.45. The number of esters is 1. The monoisotopic (exact) mass is 552 g/mol. The fourth-order valence-corrected chi connectivity index (χ4v) is 3.47. The van der Waals surface area contributed by atoms with Crippen LogP contribution in [0.2, 0.25) is 0 Å². The van der Waals surface area contributed by atoms with Crippen molar-refractivity contribution in [2.45, 2.75) is 6.54 Å². The average Bonchev–Trinajstić information content (AvgIpc) is 3.02. The largest absolute Gasteiger partial charge is 0.493 e. The van der Waals surface area contributed by atoms with Gasteiger partial charge in [-0.3, -0.25) is 9.69 Å². The number of hydrogen-bond donors (Lipinski definition) is 1. The zero-order valence-corrected chi connectivity index (χ0v) is 19.8. The van der Waals surface area contributed by atoms with Crippen molar-refractivity contribution in [1.82, 2.24) is 10.2 Å². The molecule has 162 valence electrons. The number of imide groups is 1. The Morgan fingerprint density at radius 1 is 1.10 bits per heavy atom. The maximum atomic E-state index is 12.8. The van der Waals surface area contributed by atoms with Crippen LogP contribution in [-0.2, 0) is 20.9 Å². The molecular formula is C21H18Br2N2O6. The molecule has 0 unspecified atom stereocenters. The van der Waals surface area contributed by atoms with Crippen molar-refractivity contribution in [2.24, 2.45) is 0 Å². The zero-order valence-electron chi connectivity index (χ0n) is 16.6. The van der Waals surface area contributed by atoms with Gasteiger partial charge in [0.05, 0.1) is 20.8 Å². The van der Waals surface area contributed by atoms with Crippen molar-refractivity contribution in [1.29, 1.82) is 0 Å². The molecule has 2 aromatic rings. The molecule has 10 heteroatoms. The fraction of sp³-hybridized carbons (Fsp3) is 0.190. The summed E-state index contributed by atoms with van der Waals surface area (Å²) in [5.74, 6) is -0.303. The van der Waals surface area contributed by atoms with Crippen LogP contribution in [0.25, 0.3) is 6.08 Å². The number of hydrogen-bond acceptors (Lipinski definition) is 6. The molecule has 1 heterocycles. The second-order valence-corrected chi connectivity index (χ2v) is 8.17. The van der Waals surface area contributed by atoms with Crippen LogP contribution in [0.1, 0.15) is 11.1 Å². The molecule has 0 spiro atoms. The molecule has 1 N–H and O–H groups in total. The number of amides is 3. The van der Waals surface area contributed by atoms with E-state index in [1.54, 1.807) is 18.2 Å². The smallest absolute Gasteiger partial charge is 0.343 e. The minimum atomic E-state index is -0.533. The molecule has 1 saturated heterocycles. The predicted molar refractivity (Wildman–Crippen MR) is 119 cm³/mol. The van der Waals surface area contributed by atoms with Crippen LogP contribution < -0.4 is 14.8 Å². The van der Waals surface area contributed by atoms with Gasteiger partial charge < -0.3 is 19.5 Å². The molecule has 0 radical (unpaired) electrons. The van der Waals surface area contributed by atoms with Crippen molar-refractivity contribution < 1.29 is 28.6 Å². The summed E-state index contributed by atoms with van der Waals surface area (Å²) in [4.78, 5) is 37.6. The first-order chi connectivity index (χ1) is 14.8. The molecule has 0 aromatic heterocycles. The Hall–Kier alpha value is -2.85. The molecule has 0 saturated carbocycles. The lowest BCUT2D eigenvalue weighted by atomic mass is 10.1. The minimum Gasteiger partial charge on any atom is -0.493 e. The first-order valence-corrected chi connectivity index (χ1v) is 10.6. The third-order valence-corrected chi connectivity index (χ3v) is 5.59. The lowest BCUT2D eigenvalue weighted by Gasteiger charge is -2.12. The zero-order chi connectivity index (χ0) is 22.5. The first kappa shape index (κ1) is 22.8. The number of benzene rings is 2. The highest BCUT2D eigenvalue weighted by molar-refractivity contribution is 9.10. The van der Waals surface area contributed by atoms with E-state index in [-0.39, 0.29) is 18.8 Å². The summed E-state index contributed by atoms with van der Waals surface area (Å²) in [5.41, 5.74) is 1.53. The number of nitrogens with one attached hydrogen (secondary N) is 1. The normalized spacial score (nSPS) is 14.6. The van der Waals surface area contributed by atoms with E-state index in [1.165, 1.54) is 14.2 Å². The van der Waals surface area contributed by atoms with E-state index in [1.807, 2.05) is 24.3 Å². The van der Waals surface area contributed by atoms with E-state index < -0.39 is 17.9 Å². The molecule has 3 amide bonds. The van der Waals surface area contributed by atoms with Crippen molar-refractivity contribution in [3.8, 4) is 11.5 Å². The molecule has 3 rings (SSSR count). The number of urea groups is 1. The Morgan fingerprint density at radius 2 is 1.81 bits per heavy atom. The number of ether oxygens (including phenoxy) is 3. The van der Waals surface area contributed by atoms with Gasteiger partial charge in [0.1, 0.15) is 5.70 Å². The van der Waals surface area contributed by atoms with Gasteiger partial charge in [0.2, 0.25) is 0 Å². The van der Waals surface area contributed by atoms with Crippen molar-refractivity contribution in [3.05, 3.63) is 62.2 Å². The summed E-state index contributed by atoms with van der Waals surface area (Å²) in [6.07, 6.45) is 1.54. The van der Waals surface area contributed by atoms with Crippen molar-refractivity contribution in [2.75, 3.05) is 20.8 Å². The first-order valence-electron chi connectivity index (χ1n) is 8.98. The summed E-state index contributed by atoms with van der Waals surface area (Å²) >= 11 is 6.77. The van der Waals surface area contributed by atoms with Gasteiger partial charge >= 0.3 is 12.0 Å². The summed E-state index contributed by atoms with van der Waals surface area (Å²) in [6.45, 7) is -0.126. The van der Waals surface area contributed by atoms with E-state index >= 15 is 0 Å². The molecule has 1 aliphatic rings. The number of rotatable bonds is 7. The van der Waals surface area contributed by atoms with Crippen LogP contribution in [0.3, 0.4) is 0 Å². The summed E-state index contributed by atoms with van der Waals surface area (Å²) in [7, 11) is 2.72. The topological polar surface area (TPSA) is 94.2 Å². The molecular weight excluding hydrogens is 536 g/mol. The molecule has 2 aromatic carbocycles. The number of halogens is 2. The number of methoxy groups -OCH3 is 2. The van der Waals surface area contributed by atoms with Gasteiger partial charge in [0.15, 0.2) is 18.1 Å². The molecule has 31 heavy (non-hydrogen) atoms. The molecule has 0 atom stereocenters. The minimum absolute atomic E-state index is 0.132. The van der Waals surface area contributed by atoms with E-state index in [0.29, 0.717) is 21.5 Å². The second kappa shape index (κ2) is 9.97. The van der Waals surface area contributed by atoms with Crippen LogP contribution in [0.4, 0.5) is 4.79 Å². The van der Waals surface area contributed by atoms with Gasteiger partial charge in [-0.2, -0.15) is 0 Å². The maximum absolute atomic E-state index is 12.8. The second-order valence-electron chi connectivity index (χ2n) is 6.40. The Balaban J connectivity index is 1.82. The van der Waals surface area contributed by atoms with Crippen molar-refractivity contribution in [3.63, 3.8) is 0 Å². The Bertz CT molecular complexity index is 1050. The van der Waals surface area contributed by atoms with Gasteiger partial charge in [-0.1, -0.05) is 44.0 Å². The van der Waals surface area contributed by atoms with Gasteiger partial charge in [-0.25, -0.2) is 9.59 Å². The Labute approximate surface area is 195 Å². The molecule has 1 fully saturated rings. The van der Waals surface area contributed by atoms with E-state index in [0.717, 1.165) is 14.9 Å². The van der Waals surface area contributed by atoms with Crippen LogP contribution in [0.15, 0.2) is 51.0 Å². The number of carbonyl (C=O) groups excluding carboxylic acids is 3. The fourth-order valence-electron chi connectivity index (χ4n) is 2.77. The lowest BCUT2D eigenvalue weighted by molar-refractivity contribution is -0.142.